The molecule has 0 aliphatic heterocycles. The summed E-state index contributed by atoms with van der Waals surface area (Å²) in [4.78, 5) is 5.27. The molecule has 0 unspecified atom stereocenters. The number of halogens is 2. The molecular formula is C17H18F2N4S. The van der Waals surface area contributed by atoms with Gasteiger partial charge >= 0.3 is 0 Å². The highest BCUT2D eigenvalue weighted by molar-refractivity contribution is 7.18. The fourth-order valence-corrected chi connectivity index (χ4v) is 3.25. The van der Waals surface area contributed by atoms with E-state index in [1.165, 1.54) is 29.5 Å². The third-order valence-electron chi connectivity index (χ3n) is 3.73. The summed E-state index contributed by atoms with van der Waals surface area (Å²) < 4.78 is 29.2. The second kappa shape index (κ2) is 7.09. The van der Waals surface area contributed by atoms with Crippen LogP contribution in [0.3, 0.4) is 0 Å². The van der Waals surface area contributed by atoms with E-state index in [1.54, 1.807) is 6.20 Å². The van der Waals surface area contributed by atoms with Crippen molar-refractivity contribution in [2.75, 3.05) is 5.32 Å². The van der Waals surface area contributed by atoms with Gasteiger partial charge in [-0.15, -0.1) is 0 Å². The molecule has 4 nitrogen and oxygen atoms in total. The van der Waals surface area contributed by atoms with Crippen LogP contribution in [-0.2, 0) is 19.5 Å². The van der Waals surface area contributed by atoms with Crippen molar-refractivity contribution in [3.05, 3.63) is 53.4 Å². The van der Waals surface area contributed by atoms with Crippen molar-refractivity contribution in [1.29, 1.82) is 0 Å². The summed E-state index contributed by atoms with van der Waals surface area (Å²) >= 11 is 1.44. The summed E-state index contributed by atoms with van der Waals surface area (Å²) in [7, 11) is 0. The third-order valence-corrected chi connectivity index (χ3v) is 4.71. The van der Waals surface area contributed by atoms with Crippen LogP contribution in [0.2, 0.25) is 0 Å². The minimum absolute atomic E-state index is 0.0149. The first-order chi connectivity index (χ1) is 11.6. The number of aromatic nitrogens is 3. The molecule has 126 valence electrons. The Balaban J connectivity index is 1.78. The van der Waals surface area contributed by atoms with Crippen molar-refractivity contribution >= 4 is 16.5 Å². The molecule has 7 heteroatoms. The standard InChI is InChI=1S/C17H18F2N4S/c1-3-11-8-15(23(4-2)22-11)16-10-21-17(24-16)20-9-12-13(18)6-5-7-14(12)19/h5-8,10H,3-4,9H2,1-2H3,(H,20,21). The number of thiazole rings is 1. The Morgan fingerprint density at radius 1 is 1.21 bits per heavy atom. The van der Waals surface area contributed by atoms with Crippen molar-refractivity contribution < 1.29 is 8.78 Å². The summed E-state index contributed by atoms with van der Waals surface area (Å²) in [5.74, 6) is -1.12. The smallest absolute Gasteiger partial charge is 0.183 e. The molecular weight excluding hydrogens is 330 g/mol. The zero-order chi connectivity index (χ0) is 17.1. The van der Waals surface area contributed by atoms with Crippen molar-refractivity contribution in [2.45, 2.75) is 33.4 Å². The Labute approximate surface area is 143 Å². The Bertz CT molecular complexity index is 821. The van der Waals surface area contributed by atoms with E-state index < -0.39 is 11.6 Å². The molecule has 0 saturated carbocycles. The van der Waals surface area contributed by atoms with Crippen LogP contribution in [0.1, 0.15) is 25.1 Å². The first kappa shape index (κ1) is 16.6. The number of rotatable bonds is 6. The fourth-order valence-electron chi connectivity index (χ4n) is 2.42. The van der Waals surface area contributed by atoms with Crippen LogP contribution < -0.4 is 5.32 Å². The van der Waals surface area contributed by atoms with Crippen molar-refractivity contribution in [3.8, 4) is 10.6 Å². The van der Waals surface area contributed by atoms with E-state index in [4.69, 9.17) is 0 Å². The molecule has 0 radical (unpaired) electrons. The Morgan fingerprint density at radius 2 is 1.96 bits per heavy atom. The molecule has 0 saturated heterocycles. The molecule has 2 heterocycles. The molecule has 1 aromatic carbocycles. The number of nitrogens with zero attached hydrogens (tertiary/aromatic N) is 3. The van der Waals surface area contributed by atoms with Gasteiger partial charge in [0, 0.05) is 24.8 Å². The van der Waals surface area contributed by atoms with Crippen LogP contribution >= 0.6 is 11.3 Å². The lowest BCUT2D eigenvalue weighted by Gasteiger charge is -2.05. The maximum atomic E-state index is 13.7. The molecule has 2 aromatic heterocycles. The third kappa shape index (κ3) is 3.31. The van der Waals surface area contributed by atoms with Gasteiger partial charge in [0.1, 0.15) is 11.6 Å². The molecule has 0 amide bonds. The molecule has 0 atom stereocenters. The minimum Gasteiger partial charge on any atom is -0.357 e. The summed E-state index contributed by atoms with van der Waals surface area (Å²) in [5, 5.41) is 8.13. The minimum atomic E-state index is -0.559. The van der Waals surface area contributed by atoms with Gasteiger partial charge in [-0.3, -0.25) is 4.68 Å². The van der Waals surface area contributed by atoms with Crippen molar-refractivity contribution in [1.82, 2.24) is 14.8 Å². The predicted octanol–water partition coefficient (Wildman–Crippen LogP) is 4.48. The lowest BCUT2D eigenvalue weighted by molar-refractivity contribution is 0.560. The van der Waals surface area contributed by atoms with E-state index in [2.05, 4.69) is 28.4 Å². The zero-order valence-corrected chi connectivity index (χ0v) is 14.3. The number of nitrogens with one attached hydrogen (secondary N) is 1. The highest BCUT2D eigenvalue weighted by atomic mass is 32.1. The van der Waals surface area contributed by atoms with E-state index in [-0.39, 0.29) is 12.1 Å². The number of aryl methyl sites for hydroxylation is 2. The zero-order valence-electron chi connectivity index (χ0n) is 13.5. The quantitative estimate of drug-likeness (QED) is 0.714. The number of benzene rings is 1. The van der Waals surface area contributed by atoms with Gasteiger partial charge in [0.05, 0.1) is 16.3 Å². The maximum Gasteiger partial charge on any atom is 0.183 e. The van der Waals surface area contributed by atoms with Crippen LogP contribution in [0, 0.1) is 11.6 Å². The summed E-state index contributed by atoms with van der Waals surface area (Å²) in [6.07, 6.45) is 2.63. The van der Waals surface area contributed by atoms with Gasteiger partial charge < -0.3 is 5.32 Å². The highest BCUT2D eigenvalue weighted by Gasteiger charge is 2.13. The molecule has 24 heavy (non-hydrogen) atoms. The van der Waals surface area contributed by atoms with E-state index in [1.807, 2.05) is 11.6 Å². The number of anilines is 1. The monoisotopic (exact) mass is 348 g/mol. The lowest BCUT2D eigenvalue weighted by Crippen LogP contribution is -2.04. The topological polar surface area (TPSA) is 42.7 Å². The van der Waals surface area contributed by atoms with Gasteiger partial charge in [-0.2, -0.15) is 5.10 Å². The van der Waals surface area contributed by atoms with E-state index in [9.17, 15) is 8.78 Å². The van der Waals surface area contributed by atoms with Gasteiger partial charge in [-0.1, -0.05) is 24.3 Å². The SMILES string of the molecule is CCc1cc(-c2cnc(NCc3c(F)cccc3F)s2)n(CC)n1. The molecule has 0 aliphatic rings. The van der Waals surface area contributed by atoms with Crippen LogP contribution in [0.15, 0.2) is 30.5 Å². The Kier molecular flexibility index (Phi) is 4.89. The average Bonchev–Trinajstić information content (AvgIpc) is 3.20. The van der Waals surface area contributed by atoms with Crippen molar-refractivity contribution in [2.24, 2.45) is 0 Å². The van der Waals surface area contributed by atoms with Crippen molar-refractivity contribution in [3.63, 3.8) is 0 Å². The number of hydrogen-bond acceptors (Lipinski definition) is 4. The van der Waals surface area contributed by atoms with Gasteiger partial charge in [0.25, 0.3) is 0 Å². The molecule has 3 rings (SSSR count). The predicted molar refractivity (Wildman–Crippen MR) is 92.1 cm³/mol. The summed E-state index contributed by atoms with van der Waals surface area (Å²) in [6.45, 7) is 4.93. The number of hydrogen-bond donors (Lipinski definition) is 1. The van der Waals surface area contributed by atoms with Gasteiger partial charge in [-0.25, -0.2) is 13.8 Å². The first-order valence-electron chi connectivity index (χ1n) is 7.82. The van der Waals surface area contributed by atoms with Crippen LogP contribution in [0.5, 0.6) is 0 Å². The fraction of sp³-hybridized carbons (Fsp3) is 0.294. The van der Waals surface area contributed by atoms with E-state index >= 15 is 0 Å². The first-order valence-corrected chi connectivity index (χ1v) is 8.63. The summed E-state index contributed by atoms with van der Waals surface area (Å²) in [6, 6.07) is 5.91. The van der Waals surface area contributed by atoms with Gasteiger partial charge in [-0.05, 0) is 31.5 Å². The average molecular weight is 348 g/mol. The van der Waals surface area contributed by atoms with Gasteiger partial charge in [0.2, 0.25) is 0 Å². The highest BCUT2D eigenvalue weighted by Crippen LogP contribution is 2.30. The van der Waals surface area contributed by atoms with Crippen LogP contribution in [0.25, 0.3) is 10.6 Å². The second-order valence-electron chi connectivity index (χ2n) is 5.27. The Hall–Kier alpha value is -2.28. The Morgan fingerprint density at radius 3 is 2.62 bits per heavy atom. The molecule has 3 aromatic rings. The lowest BCUT2D eigenvalue weighted by atomic mass is 10.2. The second-order valence-corrected chi connectivity index (χ2v) is 6.30. The normalized spacial score (nSPS) is 11.0. The molecule has 1 N–H and O–H groups in total. The molecule has 0 aliphatic carbocycles. The van der Waals surface area contributed by atoms with E-state index in [0.29, 0.717) is 5.13 Å². The van der Waals surface area contributed by atoms with E-state index in [0.717, 1.165) is 29.2 Å². The molecule has 0 bridgehead atoms. The maximum absolute atomic E-state index is 13.7. The summed E-state index contributed by atoms with van der Waals surface area (Å²) in [5.41, 5.74) is 2.06. The molecule has 0 fully saturated rings. The van der Waals surface area contributed by atoms with Gasteiger partial charge in [0.15, 0.2) is 5.13 Å². The molecule has 0 spiro atoms. The largest absolute Gasteiger partial charge is 0.357 e. The van der Waals surface area contributed by atoms with Crippen LogP contribution in [-0.4, -0.2) is 14.8 Å². The van der Waals surface area contributed by atoms with Crippen LogP contribution in [0.4, 0.5) is 13.9 Å².